The van der Waals surface area contributed by atoms with Crippen LogP contribution in [0, 0.1) is 0 Å². The number of rotatable bonds is 4. The number of nitrogens with one attached hydrogen (secondary N) is 1. The summed E-state index contributed by atoms with van der Waals surface area (Å²) < 4.78 is 6.17. The van der Waals surface area contributed by atoms with Crippen LogP contribution < -0.4 is 11.1 Å². The van der Waals surface area contributed by atoms with Gasteiger partial charge in [0.1, 0.15) is 12.9 Å². The lowest BCUT2D eigenvalue weighted by Gasteiger charge is -2.01. The van der Waals surface area contributed by atoms with Crippen molar-refractivity contribution < 1.29 is 9.32 Å². The van der Waals surface area contributed by atoms with Gasteiger partial charge in [-0.1, -0.05) is 5.16 Å². The van der Waals surface area contributed by atoms with E-state index in [0.29, 0.717) is 12.3 Å². The lowest BCUT2D eigenvalue weighted by Crippen LogP contribution is -2.27. The summed E-state index contributed by atoms with van der Waals surface area (Å²) in [5.74, 6) is 0.524. The Morgan fingerprint density at radius 2 is 2.50 bits per heavy atom. The van der Waals surface area contributed by atoms with Crippen LogP contribution in [-0.2, 0) is 17.9 Å². The fourth-order valence-corrected chi connectivity index (χ4v) is 1.11. The quantitative estimate of drug-likeness (QED) is 0.697. The Morgan fingerprint density at radius 1 is 1.62 bits per heavy atom. The van der Waals surface area contributed by atoms with Crippen molar-refractivity contribution in [2.24, 2.45) is 0 Å². The number of carbonyl (C=O) groups is 1. The Morgan fingerprint density at radius 3 is 3.12 bits per heavy atom. The molecular formula is C8H10N6O2. The Labute approximate surface area is 90.4 Å². The third-order valence-corrected chi connectivity index (χ3v) is 1.81. The molecule has 0 unspecified atom stereocenters. The van der Waals surface area contributed by atoms with Crippen LogP contribution in [0.3, 0.4) is 0 Å². The molecule has 2 aromatic rings. The molecule has 0 aliphatic carbocycles. The van der Waals surface area contributed by atoms with Crippen molar-refractivity contribution in [2.45, 2.75) is 13.1 Å². The molecule has 0 aliphatic heterocycles. The van der Waals surface area contributed by atoms with E-state index >= 15 is 0 Å². The first-order chi connectivity index (χ1) is 7.74. The van der Waals surface area contributed by atoms with Crippen LogP contribution in [0.1, 0.15) is 5.76 Å². The average molecular weight is 222 g/mol. The number of anilines is 1. The van der Waals surface area contributed by atoms with Crippen molar-refractivity contribution in [3.63, 3.8) is 0 Å². The predicted molar refractivity (Wildman–Crippen MR) is 52.8 cm³/mol. The van der Waals surface area contributed by atoms with Gasteiger partial charge in [0.05, 0.1) is 12.7 Å². The van der Waals surface area contributed by atoms with E-state index in [1.165, 1.54) is 17.2 Å². The summed E-state index contributed by atoms with van der Waals surface area (Å²) in [6.45, 7) is 0.362. The molecule has 2 rings (SSSR count). The molecule has 0 aromatic carbocycles. The highest BCUT2D eigenvalue weighted by molar-refractivity contribution is 5.75. The monoisotopic (exact) mass is 222 g/mol. The van der Waals surface area contributed by atoms with Crippen molar-refractivity contribution >= 4 is 11.9 Å². The van der Waals surface area contributed by atoms with Crippen molar-refractivity contribution in [3.05, 3.63) is 24.4 Å². The number of hydrogen-bond donors (Lipinski definition) is 2. The van der Waals surface area contributed by atoms with Crippen molar-refractivity contribution in [2.75, 3.05) is 5.73 Å². The third kappa shape index (κ3) is 2.56. The molecule has 8 heteroatoms. The smallest absolute Gasteiger partial charge is 0.242 e. The second kappa shape index (κ2) is 4.43. The maximum atomic E-state index is 11.4. The minimum atomic E-state index is -0.207. The molecular weight excluding hydrogens is 212 g/mol. The van der Waals surface area contributed by atoms with Gasteiger partial charge in [0.25, 0.3) is 0 Å². The molecule has 84 valence electrons. The van der Waals surface area contributed by atoms with Crippen LogP contribution in [0.4, 0.5) is 5.95 Å². The molecule has 0 saturated carbocycles. The summed E-state index contributed by atoms with van der Waals surface area (Å²) >= 11 is 0. The van der Waals surface area contributed by atoms with E-state index in [0.717, 1.165) is 0 Å². The average Bonchev–Trinajstić information content (AvgIpc) is 2.87. The molecule has 0 saturated heterocycles. The lowest BCUT2D eigenvalue weighted by molar-refractivity contribution is -0.122. The van der Waals surface area contributed by atoms with Crippen molar-refractivity contribution in [3.8, 4) is 0 Å². The van der Waals surface area contributed by atoms with E-state index in [9.17, 15) is 4.79 Å². The predicted octanol–water partition coefficient (Wildman–Crippen LogP) is -0.835. The second-order valence-electron chi connectivity index (χ2n) is 3.06. The molecule has 16 heavy (non-hydrogen) atoms. The molecule has 0 bridgehead atoms. The first kappa shape index (κ1) is 10.1. The van der Waals surface area contributed by atoms with E-state index in [2.05, 4.69) is 20.6 Å². The number of nitrogens with two attached hydrogens (primary N) is 1. The highest BCUT2D eigenvalue weighted by atomic mass is 16.5. The van der Waals surface area contributed by atoms with Crippen LogP contribution in [0.2, 0.25) is 0 Å². The number of aromatic nitrogens is 4. The fraction of sp³-hybridized carbons (Fsp3) is 0.250. The summed E-state index contributed by atoms with van der Waals surface area (Å²) in [6.07, 6.45) is 2.91. The summed E-state index contributed by atoms with van der Waals surface area (Å²) in [7, 11) is 0. The molecule has 0 spiro atoms. The van der Waals surface area contributed by atoms with Crippen LogP contribution >= 0.6 is 0 Å². The van der Waals surface area contributed by atoms with Gasteiger partial charge >= 0.3 is 0 Å². The molecule has 0 atom stereocenters. The minimum absolute atomic E-state index is 0.0678. The maximum Gasteiger partial charge on any atom is 0.242 e. The first-order valence-electron chi connectivity index (χ1n) is 4.55. The molecule has 0 radical (unpaired) electrons. The maximum absolute atomic E-state index is 11.4. The van der Waals surface area contributed by atoms with Gasteiger partial charge in [0, 0.05) is 6.07 Å². The molecule has 3 N–H and O–H groups in total. The zero-order valence-corrected chi connectivity index (χ0v) is 8.33. The molecule has 0 aliphatic rings. The zero-order valence-electron chi connectivity index (χ0n) is 8.33. The van der Waals surface area contributed by atoms with Gasteiger partial charge in [-0.25, -0.2) is 9.67 Å². The number of carbonyl (C=O) groups excluding carboxylic acids is 1. The van der Waals surface area contributed by atoms with Crippen LogP contribution in [0.15, 0.2) is 23.1 Å². The minimum Gasteiger partial charge on any atom is -0.367 e. The molecule has 2 aromatic heterocycles. The van der Waals surface area contributed by atoms with E-state index < -0.39 is 0 Å². The van der Waals surface area contributed by atoms with Gasteiger partial charge in [-0.2, -0.15) is 0 Å². The van der Waals surface area contributed by atoms with E-state index in [-0.39, 0.29) is 18.4 Å². The molecule has 2 heterocycles. The number of amides is 1. The first-order valence-corrected chi connectivity index (χ1v) is 4.55. The SMILES string of the molecule is Nc1ncn(CC(=O)NCc2ccno2)n1. The topological polar surface area (TPSA) is 112 Å². The summed E-state index contributed by atoms with van der Waals surface area (Å²) in [5.41, 5.74) is 5.31. The van der Waals surface area contributed by atoms with Crippen LogP contribution in [0.25, 0.3) is 0 Å². The molecule has 0 fully saturated rings. The summed E-state index contributed by atoms with van der Waals surface area (Å²) in [4.78, 5) is 15.1. The zero-order chi connectivity index (χ0) is 11.4. The third-order valence-electron chi connectivity index (χ3n) is 1.81. The molecule has 8 nitrogen and oxygen atoms in total. The van der Waals surface area contributed by atoms with E-state index in [1.54, 1.807) is 6.07 Å². The van der Waals surface area contributed by atoms with Crippen molar-refractivity contribution in [1.82, 2.24) is 25.2 Å². The highest BCUT2D eigenvalue weighted by Gasteiger charge is 2.05. The second-order valence-corrected chi connectivity index (χ2v) is 3.06. The van der Waals surface area contributed by atoms with Crippen LogP contribution in [0.5, 0.6) is 0 Å². The van der Waals surface area contributed by atoms with Gasteiger partial charge in [0.2, 0.25) is 11.9 Å². The van der Waals surface area contributed by atoms with Crippen LogP contribution in [-0.4, -0.2) is 25.8 Å². The molecule has 1 amide bonds. The van der Waals surface area contributed by atoms with Gasteiger partial charge in [0.15, 0.2) is 5.76 Å². The van der Waals surface area contributed by atoms with E-state index in [4.69, 9.17) is 10.3 Å². The van der Waals surface area contributed by atoms with Gasteiger partial charge in [-0.15, -0.1) is 5.10 Å². The number of nitrogen functional groups attached to an aromatic ring is 1. The Bertz CT molecular complexity index is 463. The highest BCUT2D eigenvalue weighted by Crippen LogP contribution is 1.95. The Balaban J connectivity index is 1.81. The number of nitrogens with zero attached hydrogens (tertiary/aromatic N) is 4. The number of hydrogen-bond acceptors (Lipinski definition) is 6. The summed E-state index contributed by atoms with van der Waals surface area (Å²) in [6, 6.07) is 1.67. The fourth-order valence-electron chi connectivity index (χ4n) is 1.11. The van der Waals surface area contributed by atoms with Crippen molar-refractivity contribution in [1.29, 1.82) is 0 Å². The summed E-state index contributed by atoms with van der Waals surface area (Å²) in [5, 5.41) is 9.94. The van der Waals surface area contributed by atoms with Gasteiger partial charge < -0.3 is 15.6 Å². The van der Waals surface area contributed by atoms with Gasteiger partial charge in [-0.05, 0) is 0 Å². The Kier molecular flexibility index (Phi) is 2.81. The lowest BCUT2D eigenvalue weighted by atomic mass is 10.4. The van der Waals surface area contributed by atoms with E-state index in [1.807, 2.05) is 0 Å². The normalized spacial score (nSPS) is 10.2. The van der Waals surface area contributed by atoms with Gasteiger partial charge in [-0.3, -0.25) is 4.79 Å². The largest absolute Gasteiger partial charge is 0.367 e. The standard InChI is InChI=1S/C8H10N6O2/c9-8-11-5-14(13-8)4-7(15)10-3-6-1-2-12-16-6/h1-2,5H,3-4H2,(H2,9,13)(H,10,15). The Hall–Kier alpha value is -2.38.